The zero-order valence-electron chi connectivity index (χ0n) is 11.4. The van der Waals surface area contributed by atoms with E-state index in [2.05, 4.69) is 18.8 Å². The van der Waals surface area contributed by atoms with Crippen molar-refractivity contribution in [3.05, 3.63) is 0 Å². The van der Waals surface area contributed by atoms with E-state index in [-0.39, 0.29) is 10.7 Å². The van der Waals surface area contributed by atoms with Crippen LogP contribution in [0.25, 0.3) is 0 Å². The SMILES string of the molecule is CCCC1(C)SC(C[C@@H]2C[C@H]3CC[C@@H]2C3)=NC1=O. The Morgan fingerprint density at radius 3 is 2.83 bits per heavy atom. The molecule has 1 amide bonds. The Morgan fingerprint density at radius 1 is 1.39 bits per heavy atom. The fraction of sp³-hybridized carbons (Fsp3) is 0.867. The largest absolute Gasteiger partial charge is 0.271 e. The molecule has 0 spiro atoms. The van der Waals surface area contributed by atoms with Crippen LogP contribution in [0.2, 0.25) is 0 Å². The van der Waals surface area contributed by atoms with Gasteiger partial charge in [0.15, 0.2) is 0 Å². The molecule has 18 heavy (non-hydrogen) atoms. The van der Waals surface area contributed by atoms with Crippen LogP contribution >= 0.6 is 11.8 Å². The first-order valence-electron chi connectivity index (χ1n) is 7.41. The Balaban J connectivity index is 1.62. The minimum atomic E-state index is -0.248. The molecule has 3 aliphatic rings. The number of carbonyl (C=O) groups is 1. The molecule has 2 aliphatic carbocycles. The van der Waals surface area contributed by atoms with Gasteiger partial charge >= 0.3 is 0 Å². The summed E-state index contributed by atoms with van der Waals surface area (Å²) in [4.78, 5) is 16.4. The molecule has 2 bridgehead atoms. The number of thioether (sulfide) groups is 1. The van der Waals surface area contributed by atoms with Crippen molar-refractivity contribution in [2.24, 2.45) is 22.7 Å². The molecule has 3 rings (SSSR count). The van der Waals surface area contributed by atoms with Crippen molar-refractivity contribution in [3.8, 4) is 0 Å². The van der Waals surface area contributed by atoms with Crippen LogP contribution in [0, 0.1) is 17.8 Å². The first-order valence-corrected chi connectivity index (χ1v) is 8.23. The van der Waals surface area contributed by atoms with Gasteiger partial charge in [-0.3, -0.25) is 4.79 Å². The molecule has 0 radical (unpaired) electrons. The molecule has 0 N–H and O–H groups in total. The number of hydrogen-bond donors (Lipinski definition) is 0. The van der Waals surface area contributed by atoms with Crippen molar-refractivity contribution in [1.82, 2.24) is 0 Å². The highest BCUT2D eigenvalue weighted by Crippen LogP contribution is 2.51. The monoisotopic (exact) mass is 265 g/mol. The van der Waals surface area contributed by atoms with Crippen LogP contribution in [0.1, 0.15) is 58.8 Å². The maximum atomic E-state index is 12.0. The van der Waals surface area contributed by atoms with Gasteiger partial charge in [-0.1, -0.05) is 31.5 Å². The van der Waals surface area contributed by atoms with Gasteiger partial charge in [0.25, 0.3) is 5.91 Å². The van der Waals surface area contributed by atoms with Crippen molar-refractivity contribution in [2.75, 3.05) is 0 Å². The normalized spacial score (nSPS) is 42.7. The Labute approximate surface area is 114 Å². The molecule has 1 heterocycles. The van der Waals surface area contributed by atoms with Crippen LogP contribution in [0.15, 0.2) is 4.99 Å². The second-order valence-corrected chi connectivity index (χ2v) is 8.11. The molecule has 2 nitrogen and oxygen atoms in total. The van der Waals surface area contributed by atoms with Gasteiger partial charge in [-0.2, -0.15) is 0 Å². The summed E-state index contributed by atoms with van der Waals surface area (Å²) in [5.74, 6) is 2.87. The van der Waals surface area contributed by atoms with Gasteiger partial charge in [0.1, 0.15) is 0 Å². The third-order valence-corrected chi connectivity index (χ3v) is 6.39. The Bertz CT molecular complexity index is 392. The molecule has 2 fully saturated rings. The standard InChI is InChI=1S/C15H23NOS/c1-3-6-15(2)14(17)16-13(18-15)9-12-8-10-4-5-11(12)7-10/h10-12H,3-9H2,1-2H3/t10-,11+,12-,15?/m0/s1. The van der Waals surface area contributed by atoms with Crippen LogP contribution in [0.3, 0.4) is 0 Å². The van der Waals surface area contributed by atoms with E-state index in [0.29, 0.717) is 0 Å². The third kappa shape index (κ3) is 2.15. The lowest BCUT2D eigenvalue weighted by Gasteiger charge is -2.22. The summed E-state index contributed by atoms with van der Waals surface area (Å²) in [5, 5.41) is 1.13. The van der Waals surface area contributed by atoms with E-state index in [0.717, 1.165) is 42.1 Å². The number of amides is 1. The van der Waals surface area contributed by atoms with E-state index in [1.165, 1.54) is 25.7 Å². The molecule has 2 saturated carbocycles. The van der Waals surface area contributed by atoms with Gasteiger partial charge in [0.2, 0.25) is 0 Å². The highest BCUT2D eigenvalue weighted by atomic mass is 32.2. The molecular formula is C15H23NOS. The first kappa shape index (κ1) is 12.7. The van der Waals surface area contributed by atoms with Crippen LogP contribution in [0.5, 0.6) is 0 Å². The predicted octanol–water partition coefficient (Wildman–Crippen LogP) is 4.04. The fourth-order valence-electron chi connectivity index (χ4n) is 4.13. The van der Waals surface area contributed by atoms with E-state index in [1.54, 1.807) is 11.8 Å². The van der Waals surface area contributed by atoms with Gasteiger partial charge in [-0.05, 0) is 56.8 Å². The quantitative estimate of drug-likeness (QED) is 0.767. The second kappa shape index (κ2) is 4.66. The summed E-state index contributed by atoms with van der Waals surface area (Å²) in [6.07, 6.45) is 8.82. The summed E-state index contributed by atoms with van der Waals surface area (Å²) in [5.41, 5.74) is 0. The Morgan fingerprint density at radius 2 is 2.22 bits per heavy atom. The van der Waals surface area contributed by atoms with Crippen LogP contribution in [-0.2, 0) is 4.79 Å². The summed E-state index contributed by atoms with van der Waals surface area (Å²) >= 11 is 1.76. The second-order valence-electron chi connectivity index (χ2n) is 6.53. The van der Waals surface area contributed by atoms with Crippen molar-refractivity contribution in [2.45, 2.75) is 63.5 Å². The van der Waals surface area contributed by atoms with Crippen molar-refractivity contribution in [3.63, 3.8) is 0 Å². The molecule has 0 saturated heterocycles. The zero-order chi connectivity index (χ0) is 12.8. The van der Waals surface area contributed by atoms with Crippen LogP contribution < -0.4 is 0 Å². The number of aliphatic imine (C=N–C) groups is 1. The molecular weight excluding hydrogens is 242 g/mol. The lowest BCUT2D eigenvalue weighted by Crippen LogP contribution is -2.26. The van der Waals surface area contributed by atoms with E-state index in [1.807, 2.05) is 0 Å². The minimum absolute atomic E-state index is 0.118. The summed E-state index contributed by atoms with van der Waals surface area (Å²) in [7, 11) is 0. The molecule has 100 valence electrons. The van der Waals surface area contributed by atoms with E-state index in [9.17, 15) is 4.79 Å². The number of hydrogen-bond acceptors (Lipinski definition) is 2. The lowest BCUT2D eigenvalue weighted by atomic mass is 9.87. The predicted molar refractivity (Wildman–Crippen MR) is 76.9 cm³/mol. The summed E-state index contributed by atoms with van der Waals surface area (Å²) in [6, 6.07) is 0. The maximum Gasteiger partial charge on any atom is 0.262 e. The molecule has 0 aromatic heterocycles. The third-order valence-electron chi connectivity index (χ3n) is 5.07. The zero-order valence-corrected chi connectivity index (χ0v) is 12.3. The van der Waals surface area contributed by atoms with Crippen LogP contribution in [0.4, 0.5) is 0 Å². The summed E-state index contributed by atoms with van der Waals surface area (Å²) in [6.45, 7) is 4.22. The van der Waals surface area contributed by atoms with Gasteiger partial charge in [0.05, 0.1) is 9.79 Å². The van der Waals surface area contributed by atoms with Gasteiger partial charge in [0, 0.05) is 0 Å². The van der Waals surface area contributed by atoms with Crippen molar-refractivity contribution in [1.29, 1.82) is 0 Å². The molecule has 1 unspecified atom stereocenters. The molecule has 3 heteroatoms. The van der Waals surface area contributed by atoms with Gasteiger partial charge in [-0.15, -0.1) is 0 Å². The van der Waals surface area contributed by atoms with E-state index in [4.69, 9.17) is 0 Å². The van der Waals surface area contributed by atoms with Crippen molar-refractivity contribution < 1.29 is 4.79 Å². The van der Waals surface area contributed by atoms with Gasteiger partial charge < -0.3 is 0 Å². The maximum absolute atomic E-state index is 12.0. The average Bonchev–Trinajstić information content (AvgIpc) is 2.96. The molecule has 4 atom stereocenters. The lowest BCUT2D eigenvalue weighted by molar-refractivity contribution is -0.119. The minimum Gasteiger partial charge on any atom is -0.271 e. The number of carbonyl (C=O) groups excluding carboxylic acids is 1. The van der Waals surface area contributed by atoms with E-state index < -0.39 is 0 Å². The highest BCUT2D eigenvalue weighted by Gasteiger charge is 2.44. The Kier molecular flexibility index (Phi) is 3.29. The highest BCUT2D eigenvalue weighted by molar-refractivity contribution is 8.16. The van der Waals surface area contributed by atoms with Crippen molar-refractivity contribution >= 4 is 22.7 Å². The van der Waals surface area contributed by atoms with E-state index >= 15 is 0 Å². The first-order chi connectivity index (χ1) is 8.60. The van der Waals surface area contributed by atoms with Crippen LogP contribution in [-0.4, -0.2) is 15.7 Å². The summed E-state index contributed by atoms with van der Waals surface area (Å²) < 4.78 is -0.248. The Hall–Kier alpha value is -0.310. The molecule has 1 aliphatic heterocycles. The number of nitrogens with zero attached hydrogens (tertiary/aromatic N) is 1. The number of rotatable bonds is 4. The number of fused-ring (bicyclic) bond motifs is 2. The smallest absolute Gasteiger partial charge is 0.262 e. The topological polar surface area (TPSA) is 29.4 Å². The molecule has 0 aromatic carbocycles. The average molecular weight is 265 g/mol. The fourth-order valence-corrected chi connectivity index (χ4v) is 5.52. The molecule has 0 aromatic rings. The van der Waals surface area contributed by atoms with Gasteiger partial charge in [-0.25, -0.2) is 4.99 Å².